The fourth-order valence-electron chi connectivity index (χ4n) is 2.85. The molecule has 2 heterocycles. The lowest BCUT2D eigenvalue weighted by molar-refractivity contribution is -0.215. The Bertz CT molecular complexity index is 690. The van der Waals surface area contributed by atoms with Gasteiger partial charge in [-0.05, 0) is 23.7 Å². The summed E-state index contributed by atoms with van der Waals surface area (Å²) in [4.78, 5) is 13.9. The van der Waals surface area contributed by atoms with Gasteiger partial charge >= 0.3 is 6.18 Å². The number of H-pyrrole nitrogens is 1. The van der Waals surface area contributed by atoms with Crippen molar-refractivity contribution >= 4 is 11.9 Å². The van der Waals surface area contributed by atoms with Gasteiger partial charge in [0.2, 0.25) is 5.91 Å². The maximum atomic E-state index is 13.7. The molecule has 2 aromatic rings. The lowest BCUT2D eigenvalue weighted by atomic mass is 9.85. The van der Waals surface area contributed by atoms with Crippen LogP contribution in [0.15, 0.2) is 30.3 Å². The summed E-state index contributed by atoms with van der Waals surface area (Å²) in [5.74, 6) is -1.43. The monoisotopic (exact) mass is 340 g/mol. The summed E-state index contributed by atoms with van der Waals surface area (Å²) in [6, 6.07) is 9.17. The molecule has 1 amide bonds. The molecule has 0 bridgehead atoms. The van der Waals surface area contributed by atoms with Crippen LogP contribution in [0, 0.1) is 5.41 Å². The van der Waals surface area contributed by atoms with Crippen LogP contribution in [-0.2, 0) is 11.3 Å². The predicted octanol–water partition coefficient (Wildman–Crippen LogP) is 1.59. The molecule has 0 spiro atoms. The van der Waals surface area contributed by atoms with Gasteiger partial charge in [-0.3, -0.25) is 15.0 Å². The summed E-state index contributed by atoms with van der Waals surface area (Å²) in [5, 5.41) is 14.3. The second-order valence-corrected chi connectivity index (χ2v) is 5.72. The van der Waals surface area contributed by atoms with Crippen LogP contribution < -0.4 is 5.32 Å². The number of likely N-dealkylation sites (tertiary alicyclic amines) is 1. The van der Waals surface area contributed by atoms with Gasteiger partial charge in [0.05, 0.1) is 0 Å². The van der Waals surface area contributed by atoms with Crippen molar-refractivity contribution in [2.45, 2.75) is 19.1 Å². The first-order valence-electron chi connectivity index (χ1n) is 7.29. The number of rotatable bonds is 4. The van der Waals surface area contributed by atoms with Crippen LogP contribution in [0.4, 0.5) is 19.1 Å². The second-order valence-electron chi connectivity index (χ2n) is 5.72. The summed E-state index contributed by atoms with van der Waals surface area (Å²) >= 11 is 0. The first-order valence-corrected chi connectivity index (χ1v) is 7.29. The first-order chi connectivity index (χ1) is 11.4. The molecular formula is C14H15F3N6O. The highest BCUT2D eigenvalue weighted by molar-refractivity contribution is 5.95. The molecule has 1 atom stereocenters. The lowest BCUT2D eigenvalue weighted by Gasteiger charge is -2.30. The van der Waals surface area contributed by atoms with Gasteiger partial charge in [-0.25, -0.2) is 0 Å². The second kappa shape index (κ2) is 6.19. The van der Waals surface area contributed by atoms with Gasteiger partial charge in [-0.15, -0.1) is 5.10 Å². The Balaban J connectivity index is 1.77. The van der Waals surface area contributed by atoms with E-state index in [4.69, 9.17) is 0 Å². The van der Waals surface area contributed by atoms with Crippen LogP contribution in [0.25, 0.3) is 0 Å². The molecule has 0 aliphatic carbocycles. The van der Waals surface area contributed by atoms with Crippen LogP contribution in [-0.4, -0.2) is 50.7 Å². The Morgan fingerprint density at radius 2 is 2.08 bits per heavy atom. The molecule has 1 aromatic heterocycles. The molecule has 1 aromatic carbocycles. The summed E-state index contributed by atoms with van der Waals surface area (Å²) in [5.41, 5.74) is -1.59. The van der Waals surface area contributed by atoms with E-state index in [-0.39, 0.29) is 18.9 Å². The SMILES string of the molecule is O=C(Nc1nn[nH]n1)C1(C(F)(F)F)CCN(Cc2ccccc2)C1. The Morgan fingerprint density at radius 1 is 1.33 bits per heavy atom. The highest BCUT2D eigenvalue weighted by Crippen LogP contribution is 2.46. The Morgan fingerprint density at radius 3 is 2.71 bits per heavy atom. The number of carbonyl (C=O) groups excluding carboxylic acids is 1. The molecule has 0 radical (unpaired) electrons. The number of amides is 1. The maximum Gasteiger partial charge on any atom is 0.404 e. The van der Waals surface area contributed by atoms with Crippen LogP contribution >= 0.6 is 0 Å². The van der Waals surface area contributed by atoms with E-state index < -0.39 is 24.0 Å². The number of anilines is 1. The Labute approximate surface area is 135 Å². The van der Waals surface area contributed by atoms with Gasteiger partial charge in [-0.1, -0.05) is 35.4 Å². The minimum absolute atomic E-state index is 0.175. The number of aromatic amines is 1. The summed E-state index contributed by atoms with van der Waals surface area (Å²) in [7, 11) is 0. The van der Waals surface area contributed by atoms with Crippen molar-refractivity contribution in [3.05, 3.63) is 35.9 Å². The Hall–Kier alpha value is -2.49. The standard InChI is InChI=1S/C14H15F3N6O/c15-14(16,17)13(11(24)18-12-19-21-22-20-12)6-7-23(9-13)8-10-4-2-1-3-5-10/h1-5H,6-9H2,(H2,18,19,20,21,22,24). The Kier molecular flexibility index (Phi) is 4.22. The van der Waals surface area contributed by atoms with Crippen molar-refractivity contribution in [1.82, 2.24) is 25.5 Å². The van der Waals surface area contributed by atoms with E-state index in [9.17, 15) is 18.0 Å². The number of tetrazole rings is 1. The van der Waals surface area contributed by atoms with Crippen molar-refractivity contribution in [3.8, 4) is 0 Å². The number of alkyl halides is 3. The molecule has 1 saturated heterocycles. The number of aromatic nitrogens is 4. The summed E-state index contributed by atoms with van der Waals surface area (Å²) in [6.07, 6.45) is -4.99. The number of benzene rings is 1. The molecule has 0 saturated carbocycles. The zero-order valence-corrected chi connectivity index (χ0v) is 12.5. The van der Waals surface area contributed by atoms with Crippen molar-refractivity contribution in [1.29, 1.82) is 0 Å². The molecule has 10 heteroatoms. The predicted molar refractivity (Wildman–Crippen MR) is 77.6 cm³/mol. The van der Waals surface area contributed by atoms with Gasteiger partial charge in [0.1, 0.15) is 0 Å². The third-order valence-electron chi connectivity index (χ3n) is 4.15. The molecule has 1 aliphatic heterocycles. The minimum Gasteiger partial charge on any atom is -0.298 e. The smallest absolute Gasteiger partial charge is 0.298 e. The first kappa shape index (κ1) is 16.4. The molecule has 24 heavy (non-hydrogen) atoms. The topological polar surface area (TPSA) is 86.8 Å². The van der Waals surface area contributed by atoms with E-state index in [1.165, 1.54) is 0 Å². The van der Waals surface area contributed by atoms with E-state index in [1.54, 1.807) is 4.90 Å². The average molecular weight is 340 g/mol. The van der Waals surface area contributed by atoms with Crippen LogP contribution in [0.5, 0.6) is 0 Å². The van der Waals surface area contributed by atoms with E-state index in [2.05, 4.69) is 25.9 Å². The fourth-order valence-corrected chi connectivity index (χ4v) is 2.85. The number of hydrogen-bond donors (Lipinski definition) is 2. The molecule has 1 aliphatic rings. The van der Waals surface area contributed by atoms with Crippen molar-refractivity contribution < 1.29 is 18.0 Å². The maximum absolute atomic E-state index is 13.7. The fraction of sp³-hybridized carbons (Fsp3) is 0.429. The number of halogens is 3. The van der Waals surface area contributed by atoms with Gasteiger partial charge in [0, 0.05) is 13.1 Å². The third kappa shape index (κ3) is 3.09. The van der Waals surface area contributed by atoms with Crippen LogP contribution in [0.1, 0.15) is 12.0 Å². The number of nitrogens with zero attached hydrogens (tertiary/aromatic N) is 4. The average Bonchev–Trinajstić information content (AvgIpc) is 3.18. The quantitative estimate of drug-likeness (QED) is 0.883. The van der Waals surface area contributed by atoms with E-state index in [1.807, 2.05) is 30.3 Å². The number of nitrogens with one attached hydrogen (secondary N) is 2. The van der Waals surface area contributed by atoms with Crippen molar-refractivity contribution in [3.63, 3.8) is 0 Å². The largest absolute Gasteiger partial charge is 0.404 e. The highest BCUT2D eigenvalue weighted by atomic mass is 19.4. The zero-order chi connectivity index (χ0) is 17.2. The molecule has 7 nitrogen and oxygen atoms in total. The van der Waals surface area contributed by atoms with E-state index in [0.29, 0.717) is 6.54 Å². The zero-order valence-electron chi connectivity index (χ0n) is 12.5. The normalized spacial score (nSPS) is 21.8. The minimum atomic E-state index is -4.67. The lowest BCUT2D eigenvalue weighted by Crippen LogP contribution is -2.50. The summed E-state index contributed by atoms with van der Waals surface area (Å²) in [6.45, 7) is 0.122. The summed E-state index contributed by atoms with van der Waals surface area (Å²) < 4.78 is 41.0. The van der Waals surface area contributed by atoms with Crippen molar-refractivity contribution in [2.75, 3.05) is 18.4 Å². The van der Waals surface area contributed by atoms with Gasteiger partial charge in [0.15, 0.2) is 5.41 Å². The van der Waals surface area contributed by atoms with Crippen molar-refractivity contribution in [2.24, 2.45) is 5.41 Å². The molecule has 1 unspecified atom stereocenters. The van der Waals surface area contributed by atoms with Gasteiger partial charge in [0.25, 0.3) is 5.95 Å². The molecule has 1 fully saturated rings. The van der Waals surface area contributed by atoms with Crippen LogP contribution in [0.3, 0.4) is 0 Å². The van der Waals surface area contributed by atoms with Gasteiger partial charge < -0.3 is 0 Å². The van der Waals surface area contributed by atoms with E-state index in [0.717, 1.165) is 5.56 Å². The third-order valence-corrected chi connectivity index (χ3v) is 4.15. The van der Waals surface area contributed by atoms with Gasteiger partial charge in [-0.2, -0.15) is 18.4 Å². The molecule has 3 rings (SSSR count). The highest BCUT2D eigenvalue weighted by Gasteiger charge is 2.63. The van der Waals surface area contributed by atoms with Crippen LogP contribution in [0.2, 0.25) is 0 Å². The molecular weight excluding hydrogens is 325 g/mol. The number of hydrogen-bond acceptors (Lipinski definition) is 5. The molecule has 2 N–H and O–H groups in total. The van der Waals surface area contributed by atoms with E-state index >= 15 is 0 Å². The number of carbonyl (C=O) groups is 1. The molecule has 128 valence electrons.